The smallest absolute Gasteiger partial charge is 0.190 e. The van der Waals surface area contributed by atoms with Crippen LogP contribution in [0.3, 0.4) is 0 Å². The standard InChI is InChI=1S/C28H31F3O/c1-3-4-5-6-18-7-9-19(10-8-18)20-11-13-23-21(15-20)12-14-24(27(23)31)22-16-25(29)28(32-2)26(30)17-22/h11-19H,3-10H2,1-2H3/t18-,19-. The summed E-state index contributed by atoms with van der Waals surface area (Å²) in [5, 5.41) is 1.29. The predicted molar refractivity (Wildman–Crippen MR) is 125 cm³/mol. The van der Waals surface area contributed by atoms with Gasteiger partial charge in [0.05, 0.1) is 7.11 Å². The fourth-order valence-electron chi connectivity index (χ4n) is 5.17. The minimum Gasteiger partial charge on any atom is -0.491 e. The highest BCUT2D eigenvalue weighted by atomic mass is 19.1. The van der Waals surface area contributed by atoms with Crippen molar-refractivity contribution in [2.75, 3.05) is 7.11 Å². The highest BCUT2D eigenvalue weighted by Crippen LogP contribution is 2.39. The average molecular weight is 441 g/mol. The Kier molecular flexibility index (Phi) is 7.07. The minimum atomic E-state index is -0.845. The average Bonchev–Trinajstić information content (AvgIpc) is 2.79. The molecule has 0 bridgehead atoms. The fraction of sp³-hybridized carbons (Fsp3) is 0.429. The van der Waals surface area contributed by atoms with Gasteiger partial charge in [-0.05, 0) is 66.2 Å². The summed E-state index contributed by atoms with van der Waals surface area (Å²) >= 11 is 0. The van der Waals surface area contributed by atoms with Crippen molar-refractivity contribution >= 4 is 10.8 Å². The molecule has 4 heteroatoms. The van der Waals surface area contributed by atoms with Gasteiger partial charge in [-0.15, -0.1) is 0 Å². The van der Waals surface area contributed by atoms with Gasteiger partial charge in [0.15, 0.2) is 17.4 Å². The number of hydrogen-bond donors (Lipinski definition) is 0. The zero-order valence-corrected chi connectivity index (χ0v) is 18.9. The van der Waals surface area contributed by atoms with Crippen LogP contribution in [0.25, 0.3) is 21.9 Å². The van der Waals surface area contributed by atoms with Gasteiger partial charge in [0.2, 0.25) is 0 Å². The zero-order valence-electron chi connectivity index (χ0n) is 18.9. The second-order valence-electron chi connectivity index (χ2n) is 9.09. The summed E-state index contributed by atoms with van der Waals surface area (Å²) in [4.78, 5) is 0. The van der Waals surface area contributed by atoms with E-state index in [2.05, 4.69) is 13.0 Å². The lowest BCUT2D eigenvalue weighted by Crippen LogP contribution is -2.13. The number of rotatable bonds is 7. The van der Waals surface area contributed by atoms with E-state index in [0.29, 0.717) is 11.3 Å². The Labute approximate surface area is 188 Å². The van der Waals surface area contributed by atoms with Gasteiger partial charge < -0.3 is 4.74 Å². The van der Waals surface area contributed by atoms with Crippen molar-refractivity contribution in [1.29, 1.82) is 0 Å². The molecule has 3 aromatic rings. The number of hydrogen-bond acceptors (Lipinski definition) is 1. The lowest BCUT2D eigenvalue weighted by atomic mass is 9.76. The summed E-state index contributed by atoms with van der Waals surface area (Å²) in [6, 6.07) is 11.6. The first-order valence-corrected chi connectivity index (χ1v) is 11.8. The molecule has 170 valence electrons. The van der Waals surface area contributed by atoms with Crippen LogP contribution in [0, 0.1) is 23.4 Å². The molecule has 0 amide bonds. The Bertz CT molecular complexity index is 1060. The van der Waals surface area contributed by atoms with Crippen LogP contribution in [-0.2, 0) is 0 Å². The monoisotopic (exact) mass is 440 g/mol. The maximum atomic E-state index is 15.3. The quantitative estimate of drug-likeness (QED) is 0.334. The summed E-state index contributed by atoms with van der Waals surface area (Å²) in [5.74, 6) is -1.24. The third-order valence-corrected chi connectivity index (χ3v) is 7.03. The maximum absolute atomic E-state index is 15.3. The Morgan fingerprint density at radius 3 is 2.25 bits per heavy atom. The van der Waals surface area contributed by atoms with Crippen LogP contribution in [0.4, 0.5) is 13.2 Å². The Morgan fingerprint density at radius 2 is 1.59 bits per heavy atom. The molecule has 32 heavy (non-hydrogen) atoms. The molecule has 0 heterocycles. The molecule has 1 fully saturated rings. The molecule has 0 atom stereocenters. The molecule has 0 saturated heterocycles. The Balaban J connectivity index is 1.55. The molecule has 0 unspecified atom stereocenters. The summed E-state index contributed by atoms with van der Waals surface area (Å²) < 4.78 is 48.3. The van der Waals surface area contributed by atoms with Crippen LogP contribution >= 0.6 is 0 Å². The van der Waals surface area contributed by atoms with Crippen molar-refractivity contribution in [3.8, 4) is 16.9 Å². The van der Waals surface area contributed by atoms with Crippen molar-refractivity contribution in [2.24, 2.45) is 5.92 Å². The van der Waals surface area contributed by atoms with Gasteiger partial charge in [-0.3, -0.25) is 0 Å². The number of methoxy groups -OCH3 is 1. The number of ether oxygens (including phenoxy) is 1. The molecule has 0 spiro atoms. The van der Waals surface area contributed by atoms with Gasteiger partial charge in [0.1, 0.15) is 5.82 Å². The number of halogens is 3. The van der Waals surface area contributed by atoms with Crippen molar-refractivity contribution in [3.63, 3.8) is 0 Å². The van der Waals surface area contributed by atoms with E-state index in [0.717, 1.165) is 23.4 Å². The molecular formula is C28H31F3O. The van der Waals surface area contributed by atoms with Gasteiger partial charge in [0, 0.05) is 10.9 Å². The van der Waals surface area contributed by atoms with E-state index in [1.165, 1.54) is 64.0 Å². The molecule has 4 rings (SSSR count). The molecule has 1 aliphatic carbocycles. The largest absolute Gasteiger partial charge is 0.491 e. The van der Waals surface area contributed by atoms with Gasteiger partial charge in [-0.1, -0.05) is 62.9 Å². The third kappa shape index (κ3) is 4.65. The summed E-state index contributed by atoms with van der Waals surface area (Å²) in [5.41, 5.74) is 1.60. The minimum absolute atomic E-state index is 0.158. The zero-order chi connectivity index (χ0) is 22.7. The van der Waals surface area contributed by atoms with E-state index >= 15 is 4.39 Å². The van der Waals surface area contributed by atoms with Gasteiger partial charge in [0.25, 0.3) is 0 Å². The van der Waals surface area contributed by atoms with Crippen LogP contribution in [-0.4, -0.2) is 7.11 Å². The molecule has 1 saturated carbocycles. The second-order valence-corrected chi connectivity index (χ2v) is 9.09. The van der Waals surface area contributed by atoms with Crippen LogP contribution in [0.15, 0.2) is 42.5 Å². The van der Waals surface area contributed by atoms with E-state index in [-0.39, 0.29) is 11.1 Å². The first-order valence-electron chi connectivity index (χ1n) is 11.8. The highest BCUT2D eigenvalue weighted by Gasteiger charge is 2.23. The Morgan fingerprint density at radius 1 is 0.875 bits per heavy atom. The lowest BCUT2D eigenvalue weighted by Gasteiger charge is -2.29. The van der Waals surface area contributed by atoms with Crippen molar-refractivity contribution < 1.29 is 17.9 Å². The molecule has 1 aliphatic rings. The molecule has 3 aromatic carbocycles. The topological polar surface area (TPSA) is 9.23 Å². The maximum Gasteiger partial charge on any atom is 0.190 e. The number of benzene rings is 3. The molecule has 1 nitrogen and oxygen atoms in total. The van der Waals surface area contributed by atoms with Crippen LogP contribution in [0.1, 0.15) is 69.8 Å². The van der Waals surface area contributed by atoms with Gasteiger partial charge >= 0.3 is 0 Å². The number of unbranched alkanes of at least 4 members (excludes halogenated alkanes) is 2. The first kappa shape index (κ1) is 22.7. The number of fused-ring (bicyclic) bond motifs is 1. The lowest BCUT2D eigenvalue weighted by molar-refractivity contribution is 0.303. The third-order valence-electron chi connectivity index (χ3n) is 7.03. The van der Waals surface area contributed by atoms with E-state index in [9.17, 15) is 8.78 Å². The van der Waals surface area contributed by atoms with Gasteiger partial charge in [-0.2, -0.15) is 0 Å². The normalized spacial score (nSPS) is 18.8. The molecule has 0 aromatic heterocycles. The predicted octanol–water partition coefficient (Wildman–Crippen LogP) is 8.79. The first-order chi connectivity index (χ1) is 15.5. The fourth-order valence-corrected chi connectivity index (χ4v) is 5.17. The second kappa shape index (κ2) is 9.97. The van der Waals surface area contributed by atoms with E-state index < -0.39 is 23.2 Å². The molecular weight excluding hydrogens is 409 g/mol. The highest BCUT2D eigenvalue weighted by molar-refractivity contribution is 5.89. The Hall–Kier alpha value is -2.49. The van der Waals surface area contributed by atoms with Crippen molar-refractivity contribution in [1.82, 2.24) is 0 Å². The molecule has 0 N–H and O–H groups in total. The summed E-state index contributed by atoms with van der Waals surface area (Å²) in [7, 11) is 1.20. The summed E-state index contributed by atoms with van der Waals surface area (Å²) in [6.07, 6.45) is 10.2. The SMILES string of the molecule is CCCCC[C@H]1CC[C@H](c2ccc3c(F)c(-c4cc(F)c(OC)c(F)c4)ccc3c2)CC1. The van der Waals surface area contributed by atoms with Crippen LogP contribution < -0.4 is 4.74 Å². The van der Waals surface area contributed by atoms with E-state index in [1.54, 1.807) is 6.07 Å². The molecule has 0 aliphatic heterocycles. The van der Waals surface area contributed by atoms with Gasteiger partial charge in [-0.25, -0.2) is 13.2 Å². The van der Waals surface area contributed by atoms with Crippen molar-refractivity contribution in [2.45, 2.75) is 64.2 Å². The van der Waals surface area contributed by atoms with Crippen LogP contribution in [0.2, 0.25) is 0 Å². The van der Waals surface area contributed by atoms with E-state index in [4.69, 9.17) is 4.74 Å². The summed E-state index contributed by atoms with van der Waals surface area (Å²) in [6.45, 7) is 2.25. The van der Waals surface area contributed by atoms with E-state index in [1.807, 2.05) is 18.2 Å². The van der Waals surface area contributed by atoms with Crippen molar-refractivity contribution in [3.05, 3.63) is 65.5 Å². The van der Waals surface area contributed by atoms with Crippen LogP contribution in [0.5, 0.6) is 5.75 Å². The molecule has 0 radical (unpaired) electrons.